The Kier molecular flexibility index (Phi) is 16.9. The minimum atomic E-state index is -0.718. The Morgan fingerprint density at radius 3 is 2.04 bits per heavy atom. The topological polar surface area (TPSA) is 78.9 Å². The molecular formula is C20H34O6. The lowest BCUT2D eigenvalue weighted by molar-refractivity contribution is -0.143. The molecule has 0 aromatic carbocycles. The molecule has 0 radical (unpaired) electrons. The van der Waals surface area contributed by atoms with Crippen molar-refractivity contribution in [1.29, 1.82) is 0 Å². The molecule has 0 aliphatic carbocycles. The van der Waals surface area contributed by atoms with Gasteiger partial charge >= 0.3 is 11.9 Å². The standard InChI is InChI=1S/C20H34O6/c1-3-5-6-7-8-9-11-18(21)17-26-20(23)13-12-19(22)25-16-10-15-24-14-4-2/h12-13H,3-11,14-17H2,1-2H3/b13-12+. The highest BCUT2D eigenvalue weighted by molar-refractivity contribution is 5.92. The Balaban J connectivity index is 3.65. The molecule has 0 aromatic heterocycles. The summed E-state index contributed by atoms with van der Waals surface area (Å²) in [7, 11) is 0. The maximum atomic E-state index is 11.6. The second-order valence-electron chi connectivity index (χ2n) is 6.13. The third-order valence-electron chi connectivity index (χ3n) is 3.57. The fourth-order valence-electron chi connectivity index (χ4n) is 2.14. The highest BCUT2D eigenvalue weighted by Crippen LogP contribution is 2.07. The summed E-state index contributed by atoms with van der Waals surface area (Å²) in [5.41, 5.74) is 0. The van der Waals surface area contributed by atoms with Crippen molar-refractivity contribution in [3.05, 3.63) is 12.2 Å². The number of ether oxygens (including phenoxy) is 3. The van der Waals surface area contributed by atoms with Crippen LogP contribution in [-0.4, -0.2) is 44.1 Å². The van der Waals surface area contributed by atoms with Gasteiger partial charge in [0.1, 0.15) is 6.61 Å². The molecule has 0 amide bonds. The van der Waals surface area contributed by atoms with E-state index in [-0.39, 0.29) is 19.0 Å². The first kappa shape index (κ1) is 24.3. The van der Waals surface area contributed by atoms with Crippen molar-refractivity contribution in [3.63, 3.8) is 0 Å². The van der Waals surface area contributed by atoms with E-state index in [9.17, 15) is 14.4 Å². The van der Waals surface area contributed by atoms with Crippen LogP contribution in [0.5, 0.6) is 0 Å². The fourth-order valence-corrected chi connectivity index (χ4v) is 2.14. The lowest BCUT2D eigenvalue weighted by atomic mass is 10.1. The highest BCUT2D eigenvalue weighted by Gasteiger charge is 2.06. The first-order valence-corrected chi connectivity index (χ1v) is 9.71. The van der Waals surface area contributed by atoms with E-state index in [1.807, 2.05) is 6.92 Å². The summed E-state index contributed by atoms with van der Waals surface area (Å²) < 4.78 is 15.0. The van der Waals surface area contributed by atoms with Crippen LogP contribution in [0.2, 0.25) is 0 Å². The van der Waals surface area contributed by atoms with Crippen LogP contribution in [-0.2, 0) is 28.6 Å². The van der Waals surface area contributed by atoms with Crippen LogP contribution in [0.15, 0.2) is 12.2 Å². The van der Waals surface area contributed by atoms with Gasteiger partial charge in [-0.1, -0.05) is 46.0 Å². The molecule has 150 valence electrons. The molecule has 0 bridgehead atoms. The molecule has 0 heterocycles. The minimum Gasteiger partial charge on any atom is -0.462 e. The quantitative estimate of drug-likeness (QED) is 0.220. The molecule has 0 aliphatic heterocycles. The van der Waals surface area contributed by atoms with Gasteiger partial charge in [-0.25, -0.2) is 9.59 Å². The van der Waals surface area contributed by atoms with Crippen molar-refractivity contribution >= 4 is 17.7 Å². The number of hydrogen-bond acceptors (Lipinski definition) is 6. The summed E-state index contributed by atoms with van der Waals surface area (Å²) in [5.74, 6) is -1.43. The predicted octanol–water partition coefficient (Wildman–Crippen LogP) is 3.77. The highest BCUT2D eigenvalue weighted by atomic mass is 16.5. The van der Waals surface area contributed by atoms with Gasteiger partial charge in [0.2, 0.25) is 0 Å². The van der Waals surface area contributed by atoms with Gasteiger partial charge in [0.05, 0.1) is 6.61 Å². The lowest BCUT2D eigenvalue weighted by Gasteiger charge is -2.03. The number of esters is 2. The average Bonchev–Trinajstić information content (AvgIpc) is 2.64. The van der Waals surface area contributed by atoms with Crippen molar-refractivity contribution < 1.29 is 28.6 Å². The molecule has 6 heteroatoms. The van der Waals surface area contributed by atoms with Crippen LogP contribution in [0, 0.1) is 0 Å². The number of carbonyl (C=O) groups is 3. The van der Waals surface area contributed by atoms with Crippen molar-refractivity contribution in [3.8, 4) is 0 Å². The first-order valence-electron chi connectivity index (χ1n) is 9.71. The van der Waals surface area contributed by atoms with E-state index in [2.05, 4.69) is 6.92 Å². The molecule has 0 rings (SSSR count). The van der Waals surface area contributed by atoms with Crippen LogP contribution in [0.4, 0.5) is 0 Å². The molecule has 26 heavy (non-hydrogen) atoms. The Labute approximate surface area is 157 Å². The smallest absolute Gasteiger partial charge is 0.331 e. The van der Waals surface area contributed by atoms with Crippen LogP contribution in [0.3, 0.4) is 0 Å². The Hall–Kier alpha value is -1.69. The number of hydrogen-bond donors (Lipinski definition) is 0. The van der Waals surface area contributed by atoms with Crippen molar-refractivity contribution in [2.45, 2.75) is 71.6 Å². The molecule has 0 spiro atoms. The fraction of sp³-hybridized carbons (Fsp3) is 0.750. The van der Waals surface area contributed by atoms with Gasteiger partial charge in [0.15, 0.2) is 5.78 Å². The summed E-state index contributed by atoms with van der Waals surface area (Å²) in [6, 6.07) is 0. The third-order valence-corrected chi connectivity index (χ3v) is 3.57. The first-order chi connectivity index (χ1) is 12.6. The molecule has 0 saturated heterocycles. The van der Waals surface area contributed by atoms with E-state index < -0.39 is 11.9 Å². The molecule has 6 nitrogen and oxygen atoms in total. The lowest BCUT2D eigenvalue weighted by Crippen LogP contribution is -2.12. The number of carbonyl (C=O) groups excluding carboxylic acids is 3. The summed E-state index contributed by atoms with van der Waals surface area (Å²) in [6.07, 6.45) is 10.6. The molecule has 0 saturated carbocycles. The van der Waals surface area contributed by atoms with Crippen LogP contribution >= 0.6 is 0 Å². The van der Waals surface area contributed by atoms with Crippen LogP contribution < -0.4 is 0 Å². The van der Waals surface area contributed by atoms with E-state index in [4.69, 9.17) is 14.2 Å². The van der Waals surface area contributed by atoms with Gasteiger partial charge < -0.3 is 14.2 Å². The van der Waals surface area contributed by atoms with Gasteiger partial charge in [-0.2, -0.15) is 0 Å². The van der Waals surface area contributed by atoms with Gasteiger partial charge in [0, 0.05) is 38.2 Å². The zero-order valence-corrected chi connectivity index (χ0v) is 16.3. The second kappa shape index (κ2) is 18.1. The molecule has 0 N–H and O–H groups in total. The summed E-state index contributed by atoms with van der Waals surface area (Å²) >= 11 is 0. The van der Waals surface area contributed by atoms with Gasteiger partial charge in [-0.15, -0.1) is 0 Å². The maximum Gasteiger partial charge on any atom is 0.331 e. The normalized spacial score (nSPS) is 10.8. The Bertz CT molecular complexity index is 417. The number of ketones is 1. The average molecular weight is 370 g/mol. The minimum absolute atomic E-state index is 0.100. The van der Waals surface area contributed by atoms with E-state index in [1.54, 1.807) is 0 Å². The summed E-state index contributed by atoms with van der Waals surface area (Å²) in [4.78, 5) is 34.5. The van der Waals surface area contributed by atoms with E-state index in [0.29, 0.717) is 26.1 Å². The van der Waals surface area contributed by atoms with Crippen LogP contribution in [0.1, 0.15) is 71.6 Å². The van der Waals surface area contributed by atoms with E-state index in [0.717, 1.165) is 37.8 Å². The van der Waals surface area contributed by atoms with Gasteiger partial charge in [-0.3, -0.25) is 4.79 Å². The number of rotatable bonds is 17. The largest absolute Gasteiger partial charge is 0.462 e. The SMILES string of the molecule is CCCCCCCCC(=O)COC(=O)/C=C/C(=O)OCCCOCCC. The number of Topliss-reactive ketones (excluding diaryl/α,β-unsaturated/α-hetero) is 1. The molecule has 0 atom stereocenters. The zero-order valence-electron chi connectivity index (χ0n) is 16.3. The van der Waals surface area contributed by atoms with Crippen LogP contribution in [0.25, 0.3) is 0 Å². The molecule has 0 fully saturated rings. The monoisotopic (exact) mass is 370 g/mol. The molecular weight excluding hydrogens is 336 g/mol. The summed E-state index contributed by atoms with van der Waals surface area (Å²) in [5, 5.41) is 0. The van der Waals surface area contributed by atoms with Crippen molar-refractivity contribution in [2.75, 3.05) is 26.4 Å². The molecule has 0 aliphatic rings. The Morgan fingerprint density at radius 1 is 0.692 bits per heavy atom. The van der Waals surface area contributed by atoms with E-state index in [1.165, 1.54) is 19.3 Å². The summed E-state index contributed by atoms with van der Waals surface area (Å²) in [6.45, 7) is 5.40. The van der Waals surface area contributed by atoms with Crippen molar-refractivity contribution in [2.24, 2.45) is 0 Å². The second-order valence-corrected chi connectivity index (χ2v) is 6.13. The molecule has 0 unspecified atom stereocenters. The van der Waals surface area contributed by atoms with E-state index >= 15 is 0 Å². The number of unbranched alkanes of at least 4 members (excludes halogenated alkanes) is 5. The van der Waals surface area contributed by atoms with Gasteiger partial charge in [0.25, 0.3) is 0 Å². The third kappa shape index (κ3) is 17.1. The molecule has 0 aromatic rings. The van der Waals surface area contributed by atoms with Crippen molar-refractivity contribution in [1.82, 2.24) is 0 Å². The van der Waals surface area contributed by atoms with Gasteiger partial charge in [-0.05, 0) is 12.8 Å². The zero-order chi connectivity index (χ0) is 19.5. The predicted molar refractivity (Wildman–Crippen MR) is 99.8 cm³/mol. The maximum absolute atomic E-state index is 11.6. The Morgan fingerprint density at radius 2 is 1.35 bits per heavy atom.